The number of aromatic nitrogens is 2. The van der Waals surface area contributed by atoms with Crippen molar-refractivity contribution in [3.05, 3.63) is 87.1 Å². The summed E-state index contributed by atoms with van der Waals surface area (Å²) in [5.41, 5.74) is 3.64. The van der Waals surface area contributed by atoms with Crippen LogP contribution in [0.4, 0.5) is 10.1 Å². The van der Waals surface area contributed by atoms with Gasteiger partial charge in [-0.25, -0.2) is 9.37 Å². The molecule has 0 radical (unpaired) electrons. The highest BCUT2D eigenvalue weighted by molar-refractivity contribution is 7.99. The normalized spacial score (nSPS) is 11.4. The second-order valence-electron chi connectivity index (χ2n) is 8.76. The van der Waals surface area contributed by atoms with Gasteiger partial charge in [0, 0.05) is 24.7 Å². The highest BCUT2D eigenvalue weighted by Gasteiger charge is 2.16. The van der Waals surface area contributed by atoms with Crippen LogP contribution in [0, 0.1) is 12.7 Å². The lowest BCUT2D eigenvalue weighted by Gasteiger charge is -2.19. The van der Waals surface area contributed by atoms with Crippen molar-refractivity contribution in [3.8, 4) is 0 Å². The van der Waals surface area contributed by atoms with Crippen LogP contribution in [0.2, 0.25) is 0 Å². The third kappa shape index (κ3) is 5.65. The smallest absolute Gasteiger partial charge is 0.257 e. The maximum absolute atomic E-state index is 13.7. The molecule has 0 atom stereocenters. The van der Waals surface area contributed by atoms with Gasteiger partial charge in [0.2, 0.25) is 5.91 Å². The Hall–Kier alpha value is -2.93. The van der Waals surface area contributed by atoms with Gasteiger partial charge in [0.15, 0.2) is 5.16 Å². The molecule has 0 unspecified atom stereocenters. The van der Waals surface area contributed by atoms with Crippen LogP contribution in [0.1, 0.15) is 43.2 Å². The first kappa shape index (κ1) is 23.7. The van der Waals surface area contributed by atoms with Crippen molar-refractivity contribution in [1.29, 1.82) is 0 Å². The number of carbonyl (C=O) groups excluding carboxylic acids is 1. The number of nitrogens with zero attached hydrogens (tertiary/aromatic N) is 2. The Morgan fingerprint density at radius 1 is 1.12 bits per heavy atom. The van der Waals surface area contributed by atoms with Crippen LogP contribution in [-0.2, 0) is 23.7 Å². The van der Waals surface area contributed by atoms with E-state index in [1.807, 2.05) is 6.92 Å². The molecule has 0 bridgehead atoms. The van der Waals surface area contributed by atoms with Gasteiger partial charge in [0.05, 0.1) is 11.4 Å². The number of thioether (sulfide) groups is 1. The molecular formula is C25H28FN3O2S. The summed E-state index contributed by atoms with van der Waals surface area (Å²) in [6.45, 7) is 8.31. The molecule has 0 aliphatic carbocycles. The van der Waals surface area contributed by atoms with Crippen molar-refractivity contribution < 1.29 is 9.18 Å². The molecule has 3 rings (SSSR count). The zero-order chi connectivity index (χ0) is 23.5. The van der Waals surface area contributed by atoms with E-state index in [0.717, 1.165) is 17.3 Å². The number of carbonyl (C=O) groups is 1. The molecule has 3 aromatic rings. The summed E-state index contributed by atoms with van der Waals surface area (Å²) in [6.07, 6.45) is 0.495. The Bertz CT molecular complexity index is 1180. The van der Waals surface area contributed by atoms with Crippen molar-refractivity contribution in [2.75, 3.05) is 11.1 Å². The van der Waals surface area contributed by atoms with Gasteiger partial charge in [-0.2, -0.15) is 0 Å². The maximum atomic E-state index is 13.7. The number of aryl methyl sites for hydroxylation is 1. The Morgan fingerprint density at radius 2 is 1.78 bits per heavy atom. The molecule has 0 saturated carbocycles. The van der Waals surface area contributed by atoms with Gasteiger partial charge in [-0.3, -0.25) is 14.2 Å². The summed E-state index contributed by atoms with van der Waals surface area (Å²) in [5, 5.41) is 2.99. The van der Waals surface area contributed by atoms with Crippen LogP contribution in [0.5, 0.6) is 0 Å². The summed E-state index contributed by atoms with van der Waals surface area (Å²) in [4.78, 5) is 29.7. The monoisotopic (exact) mass is 453 g/mol. The van der Waals surface area contributed by atoms with Crippen molar-refractivity contribution >= 4 is 23.4 Å². The zero-order valence-corrected chi connectivity index (χ0v) is 19.8. The standard InChI is InChI=1S/C25H28FN3O2S/c1-16-19(14-17-10-12-18(13-11-17)25(2,3)4)23(31)29(5)24(27-16)32-15-22(30)28-21-9-7-6-8-20(21)26/h6-13H,14-15H2,1-5H3,(H,28,30). The quantitative estimate of drug-likeness (QED) is 0.428. The molecule has 1 amide bonds. The Balaban J connectivity index is 1.72. The minimum atomic E-state index is -0.493. The molecule has 168 valence electrons. The number of hydrogen-bond acceptors (Lipinski definition) is 4. The molecular weight excluding hydrogens is 425 g/mol. The summed E-state index contributed by atoms with van der Waals surface area (Å²) < 4.78 is 15.2. The van der Waals surface area contributed by atoms with Gasteiger partial charge < -0.3 is 5.32 Å². The molecule has 5 nitrogen and oxygen atoms in total. The third-order valence-electron chi connectivity index (χ3n) is 5.23. The highest BCUT2D eigenvalue weighted by Crippen LogP contribution is 2.23. The van der Waals surface area contributed by atoms with E-state index < -0.39 is 5.82 Å². The number of anilines is 1. The predicted molar refractivity (Wildman–Crippen MR) is 128 cm³/mol. The SMILES string of the molecule is Cc1nc(SCC(=O)Nc2ccccc2F)n(C)c(=O)c1Cc1ccc(C(C)(C)C)cc1. The van der Waals surface area contributed by atoms with E-state index in [1.54, 1.807) is 19.2 Å². The van der Waals surface area contributed by atoms with Crippen molar-refractivity contribution in [1.82, 2.24) is 9.55 Å². The van der Waals surface area contributed by atoms with E-state index in [0.29, 0.717) is 22.8 Å². The largest absolute Gasteiger partial charge is 0.323 e. The molecule has 0 saturated heterocycles. The van der Waals surface area contributed by atoms with Gasteiger partial charge in [0.25, 0.3) is 5.56 Å². The molecule has 2 aromatic carbocycles. The molecule has 7 heteroatoms. The van der Waals surface area contributed by atoms with Crippen LogP contribution >= 0.6 is 11.8 Å². The van der Waals surface area contributed by atoms with Gasteiger partial charge in [-0.05, 0) is 35.6 Å². The van der Waals surface area contributed by atoms with Crippen LogP contribution < -0.4 is 10.9 Å². The average molecular weight is 454 g/mol. The number of nitrogens with one attached hydrogen (secondary N) is 1. The molecule has 0 aliphatic rings. The Labute approximate surface area is 192 Å². The second-order valence-corrected chi connectivity index (χ2v) is 9.71. The minimum Gasteiger partial charge on any atom is -0.323 e. The van der Waals surface area contributed by atoms with E-state index in [2.05, 4.69) is 55.3 Å². The maximum Gasteiger partial charge on any atom is 0.257 e. The first-order valence-corrected chi connectivity index (χ1v) is 11.4. The third-order valence-corrected chi connectivity index (χ3v) is 6.26. The first-order valence-electron chi connectivity index (χ1n) is 10.4. The second kappa shape index (κ2) is 9.69. The number of halogens is 1. The van der Waals surface area contributed by atoms with Gasteiger partial charge in [0.1, 0.15) is 5.82 Å². The number of amides is 1. The lowest BCUT2D eigenvalue weighted by molar-refractivity contribution is -0.113. The first-order chi connectivity index (χ1) is 15.1. The van der Waals surface area contributed by atoms with E-state index >= 15 is 0 Å². The number of rotatable bonds is 6. The summed E-state index contributed by atoms with van der Waals surface area (Å²) in [5.74, 6) is -0.844. The van der Waals surface area contributed by atoms with Gasteiger partial charge >= 0.3 is 0 Å². The topological polar surface area (TPSA) is 64.0 Å². The minimum absolute atomic E-state index is 0.0155. The van der Waals surface area contributed by atoms with E-state index in [1.165, 1.54) is 22.3 Å². The highest BCUT2D eigenvalue weighted by atomic mass is 32.2. The molecule has 0 spiro atoms. The predicted octanol–water partition coefficient (Wildman–Crippen LogP) is 4.85. The molecule has 1 heterocycles. The Morgan fingerprint density at radius 3 is 2.41 bits per heavy atom. The van der Waals surface area contributed by atoms with Gasteiger partial charge in [-0.15, -0.1) is 0 Å². The molecule has 1 N–H and O–H groups in total. The number of para-hydroxylation sites is 1. The fraction of sp³-hybridized carbons (Fsp3) is 0.320. The molecule has 1 aromatic heterocycles. The average Bonchev–Trinajstić information content (AvgIpc) is 2.74. The fourth-order valence-corrected chi connectivity index (χ4v) is 4.08. The molecule has 0 fully saturated rings. The van der Waals surface area contributed by atoms with Crippen molar-refractivity contribution in [2.45, 2.75) is 44.7 Å². The zero-order valence-electron chi connectivity index (χ0n) is 19.0. The lowest BCUT2D eigenvalue weighted by Crippen LogP contribution is -2.26. The molecule has 0 aliphatic heterocycles. The van der Waals surface area contributed by atoms with Crippen molar-refractivity contribution in [3.63, 3.8) is 0 Å². The molecule has 32 heavy (non-hydrogen) atoms. The van der Waals surface area contributed by atoms with Gasteiger partial charge in [-0.1, -0.05) is 68.9 Å². The number of hydrogen-bond donors (Lipinski definition) is 1. The summed E-state index contributed by atoms with van der Waals surface area (Å²) in [7, 11) is 1.65. The fourth-order valence-electron chi connectivity index (χ4n) is 3.27. The van der Waals surface area contributed by atoms with E-state index in [9.17, 15) is 14.0 Å². The van der Waals surface area contributed by atoms with Crippen LogP contribution in [-0.4, -0.2) is 21.2 Å². The van der Waals surface area contributed by atoms with Crippen molar-refractivity contribution in [2.24, 2.45) is 7.05 Å². The van der Waals surface area contributed by atoms with Crippen LogP contribution in [0.15, 0.2) is 58.5 Å². The Kier molecular flexibility index (Phi) is 7.19. The number of benzene rings is 2. The van der Waals surface area contributed by atoms with E-state index in [4.69, 9.17) is 0 Å². The van der Waals surface area contributed by atoms with Crippen LogP contribution in [0.25, 0.3) is 0 Å². The van der Waals surface area contributed by atoms with Crippen LogP contribution in [0.3, 0.4) is 0 Å². The summed E-state index contributed by atoms with van der Waals surface area (Å²) >= 11 is 1.15. The van der Waals surface area contributed by atoms with E-state index in [-0.39, 0.29) is 28.3 Å². The lowest BCUT2D eigenvalue weighted by atomic mass is 9.86. The summed E-state index contributed by atoms with van der Waals surface area (Å²) in [6, 6.07) is 14.3.